The normalized spacial score (nSPS) is 11.4. The van der Waals surface area contributed by atoms with Crippen LogP contribution >= 0.6 is 11.9 Å². The Labute approximate surface area is 181 Å². The maximum atomic E-state index is 13.7. The molecule has 0 unspecified atom stereocenters. The zero-order chi connectivity index (χ0) is 21.5. The number of benzene rings is 1. The van der Waals surface area contributed by atoms with E-state index in [1.54, 1.807) is 13.2 Å². The van der Waals surface area contributed by atoms with Crippen molar-refractivity contribution in [2.45, 2.75) is 4.90 Å². The van der Waals surface area contributed by atoms with Crippen molar-refractivity contribution in [1.29, 1.82) is 0 Å². The van der Waals surface area contributed by atoms with Crippen molar-refractivity contribution in [3.63, 3.8) is 0 Å². The van der Waals surface area contributed by atoms with E-state index < -0.39 is 5.82 Å². The molecule has 0 bridgehead atoms. The fraction of sp³-hybridized carbons (Fsp3) is 0.143. The van der Waals surface area contributed by atoms with Gasteiger partial charge in [0.05, 0.1) is 29.4 Å². The summed E-state index contributed by atoms with van der Waals surface area (Å²) in [7, 11) is 5.24. The van der Waals surface area contributed by atoms with Crippen LogP contribution in [0, 0.1) is 5.82 Å². The Balaban J connectivity index is 1.63. The molecular weight excluding hydrogens is 417 g/mol. The summed E-state index contributed by atoms with van der Waals surface area (Å²) in [4.78, 5) is 18.1. The van der Waals surface area contributed by atoms with Crippen LogP contribution in [0.1, 0.15) is 0 Å². The Morgan fingerprint density at radius 2 is 1.97 bits per heavy atom. The van der Waals surface area contributed by atoms with E-state index in [9.17, 15) is 4.39 Å². The van der Waals surface area contributed by atoms with Gasteiger partial charge in [0, 0.05) is 36.5 Å². The predicted octanol–water partition coefficient (Wildman–Crippen LogP) is 4.37. The van der Waals surface area contributed by atoms with Crippen molar-refractivity contribution >= 4 is 56.6 Å². The van der Waals surface area contributed by atoms with Gasteiger partial charge in [-0.3, -0.25) is 0 Å². The molecule has 0 aliphatic heterocycles. The van der Waals surface area contributed by atoms with Gasteiger partial charge in [-0.25, -0.2) is 19.3 Å². The molecule has 2 N–H and O–H groups in total. The van der Waals surface area contributed by atoms with E-state index in [0.717, 1.165) is 39.2 Å². The molecule has 1 aromatic carbocycles. The van der Waals surface area contributed by atoms with Crippen LogP contribution in [0.4, 0.5) is 16.0 Å². The summed E-state index contributed by atoms with van der Waals surface area (Å²) in [6.45, 7) is 0. The summed E-state index contributed by atoms with van der Waals surface area (Å²) in [5.74, 6) is 0.454. The highest BCUT2D eigenvalue weighted by atomic mass is 32.2. The zero-order valence-corrected chi connectivity index (χ0v) is 17.8. The van der Waals surface area contributed by atoms with Crippen molar-refractivity contribution in [2.24, 2.45) is 7.05 Å². The number of aryl methyl sites for hydroxylation is 1. The highest BCUT2D eigenvalue weighted by molar-refractivity contribution is 8.00. The predicted molar refractivity (Wildman–Crippen MR) is 121 cm³/mol. The summed E-state index contributed by atoms with van der Waals surface area (Å²) < 4.78 is 24.2. The van der Waals surface area contributed by atoms with Gasteiger partial charge in [0.1, 0.15) is 11.5 Å². The number of hydrogen-bond donors (Lipinski definition) is 2. The van der Waals surface area contributed by atoms with Crippen LogP contribution in [0.5, 0.6) is 5.88 Å². The first-order valence-electron chi connectivity index (χ1n) is 9.44. The van der Waals surface area contributed by atoms with Gasteiger partial charge in [0.2, 0.25) is 11.8 Å². The fourth-order valence-corrected chi connectivity index (χ4v) is 4.36. The molecule has 0 saturated heterocycles. The van der Waals surface area contributed by atoms with E-state index in [0.29, 0.717) is 22.4 Å². The number of halogens is 1. The molecule has 4 aromatic heterocycles. The third-order valence-electron chi connectivity index (χ3n) is 5.00. The molecule has 0 aliphatic rings. The average Bonchev–Trinajstić information content (AvgIpc) is 3.07. The zero-order valence-electron chi connectivity index (χ0n) is 17.0. The van der Waals surface area contributed by atoms with Crippen LogP contribution in [0.3, 0.4) is 0 Å². The Hall–Kier alpha value is -3.66. The van der Waals surface area contributed by atoms with Gasteiger partial charge in [-0.2, -0.15) is 4.98 Å². The molecule has 0 aliphatic carbocycles. The second kappa shape index (κ2) is 7.55. The molecule has 0 amide bonds. The van der Waals surface area contributed by atoms with E-state index in [1.807, 2.05) is 29.8 Å². The smallest absolute Gasteiger partial charge is 0.229 e. The van der Waals surface area contributed by atoms with Crippen molar-refractivity contribution < 1.29 is 9.13 Å². The number of aromatic nitrogens is 5. The van der Waals surface area contributed by atoms with E-state index in [2.05, 4.69) is 31.1 Å². The molecule has 0 radical (unpaired) electrons. The second-order valence-corrected chi connectivity index (χ2v) is 7.69. The van der Waals surface area contributed by atoms with E-state index in [1.165, 1.54) is 25.1 Å². The number of methoxy groups -OCH3 is 1. The first-order valence-corrected chi connectivity index (χ1v) is 10.3. The Kier molecular flexibility index (Phi) is 4.70. The number of para-hydroxylation sites is 1. The molecule has 0 saturated carbocycles. The van der Waals surface area contributed by atoms with Crippen LogP contribution in [0.25, 0.3) is 33.0 Å². The largest absolute Gasteiger partial charge is 0.480 e. The van der Waals surface area contributed by atoms with Gasteiger partial charge in [-0.15, -0.1) is 0 Å². The minimum atomic E-state index is -0.425. The lowest BCUT2D eigenvalue weighted by molar-refractivity contribution is 0.384. The van der Waals surface area contributed by atoms with Gasteiger partial charge in [-0.1, -0.05) is 12.1 Å². The first kappa shape index (κ1) is 19.3. The first-order chi connectivity index (χ1) is 15.1. The average molecular weight is 435 g/mol. The maximum absolute atomic E-state index is 13.7. The SMILES string of the molecule is CNc1ncc2cc3c4cccc(NSc5cc(F)cnc5OC)c4n(C)c3nc2n1. The standard InChI is InChI=1S/C21H18FN7OS/c1-23-21-25-9-11-7-14-13-5-4-6-15(17(13)29(2)19(14)26-18(11)27-21)28-31-16-8-12(22)10-24-20(16)30-3/h4-10,28H,1-3H3,(H,23,25,26,27). The van der Waals surface area contributed by atoms with E-state index >= 15 is 0 Å². The number of pyridine rings is 2. The van der Waals surface area contributed by atoms with Gasteiger partial charge in [0.25, 0.3) is 0 Å². The van der Waals surface area contributed by atoms with E-state index in [-0.39, 0.29) is 0 Å². The number of rotatable bonds is 5. The van der Waals surface area contributed by atoms with Crippen LogP contribution < -0.4 is 14.8 Å². The Morgan fingerprint density at radius 1 is 1.10 bits per heavy atom. The lowest BCUT2D eigenvalue weighted by Gasteiger charge is -2.10. The van der Waals surface area contributed by atoms with Crippen LogP contribution in [0.2, 0.25) is 0 Å². The quantitative estimate of drug-likeness (QED) is 0.393. The highest BCUT2D eigenvalue weighted by Crippen LogP contribution is 2.36. The Morgan fingerprint density at radius 3 is 2.77 bits per heavy atom. The van der Waals surface area contributed by atoms with Crippen LogP contribution in [0.15, 0.2) is 47.6 Å². The molecule has 4 heterocycles. The molecule has 0 fully saturated rings. The molecule has 0 spiro atoms. The molecule has 10 heteroatoms. The summed E-state index contributed by atoms with van der Waals surface area (Å²) in [5.41, 5.74) is 3.27. The molecule has 8 nitrogen and oxygen atoms in total. The van der Waals surface area contributed by atoms with Gasteiger partial charge in [-0.05, 0) is 30.1 Å². The number of hydrogen-bond acceptors (Lipinski definition) is 8. The molecule has 5 aromatic rings. The maximum Gasteiger partial charge on any atom is 0.229 e. The van der Waals surface area contributed by atoms with Crippen molar-refractivity contribution in [1.82, 2.24) is 24.5 Å². The van der Waals surface area contributed by atoms with Crippen molar-refractivity contribution in [2.75, 3.05) is 24.2 Å². The molecular formula is C21H18FN7OS. The number of fused-ring (bicyclic) bond motifs is 4. The van der Waals surface area contributed by atoms with Crippen LogP contribution in [-0.2, 0) is 7.05 Å². The van der Waals surface area contributed by atoms with Crippen molar-refractivity contribution in [3.8, 4) is 5.88 Å². The van der Waals surface area contributed by atoms with Gasteiger partial charge < -0.3 is 19.3 Å². The summed E-state index contributed by atoms with van der Waals surface area (Å²) >= 11 is 1.24. The van der Waals surface area contributed by atoms with E-state index in [4.69, 9.17) is 9.72 Å². The fourth-order valence-electron chi connectivity index (χ4n) is 3.58. The monoisotopic (exact) mass is 435 g/mol. The highest BCUT2D eigenvalue weighted by Gasteiger charge is 2.16. The van der Waals surface area contributed by atoms with Crippen LogP contribution in [-0.4, -0.2) is 38.7 Å². The topological polar surface area (TPSA) is 89.8 Å². The molecule has 156 valence electrons. The number of nitrogens with one attached hydrogen (secondary N) is 2. The summed E-state index contributed by atoms with van der Waals surface area (Å²) in [5, 5.41) is 5.85. The second-order valence-electron chi connectivity index (χ2n) is 6.84. The lowest BCUT2D eigenvalue weighted by Crippen LogP contribution is -1.98. The van der Waals surface area contributed by atoms with Gasteiger partial charge in [0.15, 0.2) is 5.65 Å². The summed E-state index contributed by atoms with van der Waals surface area (Å²) in [6.07, 6.45) is 2.90. The third-order valence-corrected chi connectivity index (χ3v) is 5.83. The number of anilines is 2. The molecule has 31 heavy (non-hydrogen) atoms. The Bertz CT molecular complexity index is 1450. The molecule has 0 atom stereocenters. The minimum Gasteiger partial charge on any atom is -0.480 e. The summed E-state index contributed by atoms with van der Waals surface area (Å²) in [6, 6.07) is 9.42. The van der Waals surface area contributed by atoms with Crippen molar-refractivity contribution in [3.05, 3.63) is 48.5 Å². The van der Waals surface area contributed by atoms with Gasteiger partial charge >= 0.3 is 0 Å². The number of ether oxygens (including phenoxy) is 1. The third kappa shape index (κ3) is 3.25. The minimum absolute atomic E-state index is 0.356. The molecule has 5 rings (SSSR count). The lowest BCUT2D eigenvalue weighted by atomic mass is 10.1. The number of nitrogens with zero attached hydrogens (tertiary/aromatic N) is 5.